The van der Waals surface area contributed by atoms with Crippen molar-refractivity contribution in [2.75, 3.05) is 0 Å². The van der Waals surface area contributed by atoms with Crippen molar-refractivity contribution in [3.63, 3.8) is 0 Å². The number of benzene rings is 4. The van der Waals surface area contributed by atoms with Crippen LogP contribution in [0.3, 0.4) is 0 Å². The van der Waals surface area contributed by atoms with Crippen molar-refractivity contribution in [1.82, 2.24) is 0 Å². The molecule has 0 saturated carbocycles. The zero-order valence-corrected chi connectivity index (χ0v) is 22.7. The van der Waals surface area contributed by atoms with Crippen LogP contribution in [0.25, 0.3) is 0 Å². The van der Waals surface area contributed by atoms with Gasteiger partial charge in [-0.1, -0.05) is 121 Å². The molecule has 0 aliphatic carbocycles. The summed E-state index contributed by atoms with van der Waals surface area (Å²) in [6.45, 7) is -3.24. The van der Waals surface area contributed by atoms with E-state index in [0.717, 1.165) is 0 Å². The quantitative estimate of drug-likeness (QED) is 0.394. The van der Waals surface area contributed by atoms with Gasteiger partial charge in [-0.25, -0.2) is 0 Å². The molecule has 0 radical (unpaired) electrons. The minimum Gasteiger partial charge on any atom is -0.605 e. The Bertz CT molecular complexity index is 1200. The largest absolute Gasteiger partial charge is 1.00 e. The van der Waals surface area contributed by atoms with Gasteiger partial charge in [-0.05, 0) is 22.3 Å². The van der Waals surface area contributed by atoms with Gasteiger partial charge in [0, 0.05) is 0 Å². The van der Waals surface area contributed by atoms with Crippen LogP contribution in [0.4, 0.5) is 0 Å². The Morgan fingerprint density at radius 2 is 0.694 bits per heavy atom. The third kappa shape index (κ3) is 3.81. The van der Waals surface area contributed by atoms with Gasteiger partial charge >= 0.3 is 70.3 Å². The average Bonchev–Trinajstić information content (AvgIpc) is 3.38. The molecule has 4 aromatic carbocycles. The zero-order chi connectivity index (χ0) is 23.9. The van der Waals surface area contributed by atoms with E-state index in [2.05, 4.69) is 0 Å². The molecule has 0 N–H and O–H groups in total. The molecule has 2 fully saturated rings. The Morgan fingerprint density at radius 1 is 0.444 bits per heavy atom. The molecule has 0 bridgehead atoms. The van der Waals surface area contributed by atoms with Gasteiger partial charge in [0.2, 0.25) is 0 Å². The van der Waals surface area contributed by atoms with Gasteiger partial charge in [0.05, 0.1) is 0 Å². The normalized spacial score (nSPS) is 18.8. The molecular weight excluding hydrogens is 482 g/mol. The summed E-state index contributed by atoms with van der Waals surface area (Å²) in [5, 5.41) is 0. The second-order valence-corrected chi connectivity index (χ2v) is 8.45. The van der Waals surface area contributed by atoms with E-state index in [4.69, 9.17) is 18.6 Å². The van der Waals surface area contributed by atoms with Crippen LogP contribution in [0.1, 0.15) is 22.3 Å². The number of rotatable bonds is 4. The average molecular weight is 502 g/mol. The minimum atomic E-state index is -3.24. The molecule has 4 aromatic rings. The van der Waals surface area contributed by atoms with E-state index >= 15 is 0 Å². The Morgan fingerprint density at radius 3 is 0.944 bits per heavy atom. The van der Waals surface area contributed by atoms with E-state index in [0.29, 0.717) is 22.3 Å². The fraction of sp³-hybridized carbons (Fsp3) is 0.0714. The first-order valence-electron chi connectivity index (χ1n) is 11.3. The molecule has 0 unspecified atom stereocenters. The second-order valence-electron chi connectivity index (χ2n) is 8.45. The van der Waals surface area contributed by atoms with Crippen molar-refractivity contribution in [3.8, 4) is 0 Å². The summed E-state index contributed by atoms with van der Waals surface area (Å²) in [5.41, 5.74) is -1.21. The molecule has 6 rings (SSSR count). The molecule has 8 heteroatoms. The van der Waals surface area contributed by atoms with Crippen molar-refractivity contribution in [1.29, 1.82) is 0 Å². The van der Waals surface area contributed by atoms with Crippen LogP contribution in [0.15, 0.2) is 121 Å². The Labute approximate surface area is 251 Å². The summed E-state index contributed by atoms with van der Waals surface area (Å²) in [6, 6.07) is 35.9. The van der Waals surface area contributed by atoms with Gasteiger partial charge in [-0.2, -0.15) is 0 Å². The minimum absolute atomic E-state index is 0. The molecule has 0 aromatic heterocycles. The van der Waals surface area contributed by atoms with Crippen LogP contribution in [-0.2, 0) is 39.4 Å². The molecule has 1 spiro atoms. The Hall–Kier alpha value is -2.56. The summed E-state index contributed by atoms with van der Waals surface area (Å²) in [4.78, 5) is 27.3. The van der Waals surface area contributed by atoms with Gasteiger partial charge in [0.15, 0.2) is 11.2 Å². The second kappa shape index (κ2) is 9.72. The van der Waals surface area contributed by atoms with E-state index in [1.54, 1.807) is 97.1 Å². The van der Waals surface area contributed by atoms with Crippen LogP contribution in [-0.4, -0.2) is 18.9 Å². The van der Waals surface area contributed by atoms with Gasteiger partial charge in [-0.3, -0.25) is 9.59 Å². The molecule has 6 nitrogen and oxygen atoms in total. The van der Waals surface area contributed by atoms with E-state index in [1.807, 2.05) is 24.3 Å². The van der Waals surface area contributed by atoms with Gasteiger partial charge in [0.1, 0.15) is 0 Å². The smallest absolute Gasteiger partial charge is 0.605 e. The fourth-order valence-electron chi connectivity index (χ4n) is 4.87. The van der Waals surface area contributed by atoms with E-state index in [9.17, 15) is 9.59 Å². The maximum absolute atomic E-state index is 13.6. The van der Waals surface area contributed by atoms with Gasteiger partial charge in [-0.15, -0.1) is 0 Å². The monoisotopic (exact) mass is 502 g/mol. The third-order valence-corrected chi connectivity index (χ3v) is 6.44. The first-order valence-corrected chi connectivity index (χ1v) is 11.3. The van der Waals surface area contributed by atoms with Crippen LogP contribution < -0.4 is 51.4 Å². The first kappa shape index (κ1) is 25.1. The van der Waals surface area contributed by atoms with Crippen LogP contribution in [0, 0.1) is 0 Å². The van der Waals surface area contributed by atoms with Crippen molar-refractivity contribution in [2.45, 2.75) is 11.2 Å². The SMILES string of the molecule is O=C1O[B-]2(OC(=O)C(c3ccccc3)(c3ccccc3)O2)OC1(c1ccccc1)c1ccccc1.[K+]. The predicted octanol–water partition coefficient (Wildman–Crippen LogP) is 1.46. The summed E-state index contributed by atoms with van der Waals surface area (Å²) in [6.07, 6.45) is 0. The van der Waals surface area contributed by atoms with Gasteiger partial charge < -0.3 is 18.6 Å². The molecule has 2 aliphatic heterocycles. The van der Waals surface area contributed by atoms with Crippen LogP contribution in [0.2, 0.25) is 0 Å². The predicted molar refractivity (Wildman–Crippen MR) is 127 cm³/mol. The van der Waals surface area contributed by atoms with E-state index < -0.39 is 30.1 Å². The zero-order valence-electron chi connectivity index (χ0n) is 19.6. The van der Waals surface area contributed by atoms with Crippen LogP contribution in [0.5, 0.6) is 0 Å². The molecule has 172 valence electrons. The first-order chi connectivity index (χ1) is 17.1. The number of carbonyl (C=O) groups excluding carboxylic acids is 2. The van der Waals surface area contributed by atoms with E-state index in [-0.39, 0.29) is 51.4 Å². The van der Waals surface area contributed by atoms with Crippen molar-refractivity contribution < 1.29 is 79.6 Å². The topological polar surface area (TPSA) is 71.1 Å². The molecule has 2 saturated heterocycles. The summed E-state index contributed by atoms with van der Waals surface area (Å²) in [7, 11) is 0. The van der Waals surface area contributed by atoms with Crippen molar-refractivity contribution in [2.24, 2.45) is 0 Å². The van der Waals surface area contributed by atoms with Crippen LogP contribution >= 0.6 is 0 Å². The molecule has 0 atom stereocenters. The number of hydrogen-bond acceptors (Lipinski definition) is 6. The maximum Gasteiger partial charge on any atom is 1.00 e. The molecule has 2 heterocycles. The number of carbonyl (C=O) groups is 2. The molecule has 36 heavy (non-hydrogen) atoms. The third-order valence-electron chi connectivity index (χ3n) is 6.44. The number of hydrogen-bond donors (Lipinski definition) is 0. The van der Waals surface area contributed by atoms with Gasteiger partial charge in [0.25, 0.3) is 0 Å². The maximum atomic E-state index is 13.6. The standard InChI is InChI=1S/C28H20BO6.K/c30-25-27(21-13-5-1-6-14-21,22-15-7-2-8-16-22)34-29(32-25)33-26(31)28(35-29,23-17-9-3-10-18-23)24-19-11-4-12-20-24;/h1-20H;/q-1;+1. The van der Waals surface area contributed by atoms with Crippen molar-refractivity contribution in [3.05, 3.63) is 144 Å². The molecule has 2 aliphatic rings. The molecular formula is C28H20BKO6. The fourth-order valence-corrected chi connectivity index (χ4v) is 4.87. The summed E-state index contributed by atoms with van der Waals surface area (Å²) in [5.74, 6) is -1.45. The Balaban J connectivity index is 0.00000267. The Kier molecular flexibility index (Phi) is 6.78. The van der Waals surface area contributed by atoms with E-state index in [1.165, 1.54) is 0 Å². The molecule has 0 amide bonds. The summed E-state index contributed by atoms with van der Waals surface area (Å²) < 4.78 is 24.2. The summed E-state index contributed by atoms with van der Waals surface area (Å²) >= 11 is 0. The van der Waals surface area contributed by atoms with Crippen molar-refractivity contribution >= 4 is 18.9 Å².